The Morgan fingerprint density at radius 1 is 0.889 bits per heavy atom. The second-order valence-corrected chi connectivity index (χ2v) is 9.93. The fourth-order valence-corrected chi connectivity index (χ4v) is 4.85. The lowest BCUT2D eigenvalue weighted by atomic mass is 9.94. The molecule has 1 aliphatic heterocycles. The minimum absolute atomic E-state index is 0.139. The van der Waals surface area contributed by atoms with Gasteiger partial charge in [0.2, 0.25) is 0 Å². The lowest BCUT2D eigenvalue weighted by molar-refractivity contribution is -0.140. The van der Waals surface area contributed by atoms with E-state index in [0.29, 0.717) is 17.1 Å². The zero-order chi connectivity index (χ0) is 26.1. The molecule has 1 saturated heterocycles. The van der Waals surface area contributed by atoms with E-state index in [-0.39, 0.29) is 11.3 Å². The van der Waals surface area contributed by atoms with Crippen LogP contribution in [0.5, 0.6) is 0 Å². The minimum Gasteiger partial charge on any atom is -0.507 e. The van der Waals surface area contributed by atoms with Gasteiger partial charge in [0, 0.05) is 17.1 Å². The van der Waals surface area contributed by atoms with Crippen LogP contribution in [0.3, 0.4) is 0 Å². The van der Waals surface area contributed by atoms with Crippen LogP contribution in [0.25, 0.3) is 5.76 Å². The van der Waals surface area contributed by atoms with Gasteiger partial charge in [-0.05, 0) is 80.7 Å². The van der Waals surface area contributed by atoms with Crippen LogP contribution < -0.4 is 0 Å². The Bertz CT molecular complexity index is 1040. The summed E-state index contributed by atoms with van der Waals surface area (Å²) in [4.78, 5) is 30.6. The number of halogens is 1. The summed E-state index contributed by atoms with van der Waals surface area (Å²) in [6.07, 6.45) is 6.27. The van der Waals surface area contributed by atoms with Gasteiger partial charge in [0.1, 0.15) is 5.76 Å². The van der Waals surface area contributed by atoms with Crippen LogP contribution in [0.15, 0.2) is 54.1 Å². The van der Waals surface area contributed by atoms with E-state index in [2.05, 4.69) is 25.7 Å². The van der Waals surface area contributed by atoms with Gasteiger partial charge in [-0.15, -0.1) is 0 Å². The number of carbonyl (C=O) groups is 2. The fraction of sp³-hybridized carbons (Fsp3) is 0.467. The van der Waals surface area contributed by atoms with Crippen molar-refractivity contribution in [2.45, 2.75) is 65.3 Å². The smallest absolute Gasteiger partial charge is 0.295 e. The number of aryl methyl sites for hydroxylation is 1. The SMILES string of the molecule is CCCCN(CCCC)CCCN1C(=O)C(=O)C(=C(O)c2ccc(Cl)cc2)[C@H]1c1ccc(CC)cc1. The predicted molar refractivity (Wildman–Crippen MR) is 147 cm³/mol. The topological polar surface area (TPSA) is 60.9 Å². The van der Waals surface area contributed by atoms with Crippen molar-refractivity contribution in [1.82, 2.24) is 9.80 Å². The number of Topliss-reactive ketones (excluding diaryl/α,β-unsaturated/α-hetero) is 1. The highest BCUT2D eigenvalue weighted by Gasteiger charge is 2.45. The van der Waals surface area contributed by atoms with Crippen LogP contribution in [-0.2, 0) is 16.0 Å². The normalized spacial score (nSPS) is 17.4. The molecule has 1 fully saturated rings. The van der Waals surface area contributed by atoms with Crippen molar-refractivity contribution in [3.63, 3.8) is 0 Å². The van der Waals surface area contributed by atoms with E-state index in [0.717, 1.165) is 63.7 Å². The minimum atomic E-state index is -0.638. The van der Waals surface area contributed by atoms with Gasteiger partial charge >= 0.3 is 0 Å². The Morgan fingerprint density at radius 3 is 2.03 bits per heavy atom. The van der Waals surface area contributed by atoms with Gasteiger partial charge in [-0.25, -0.2) is 0 Å². The number of aliphatic hydroxyl groups is 1. The number of hydrogen-bond acceptors (Lipinski definition) is 4. The van der Waals surface area contributed by atoms with Gasteiger partial charge in [-0.3, -0.25) is 9.59 Å². The maximum atomic E-state index is 13.2. The van der Waals surface area contributed by atoms with Crippen molar-refractivity contribution in [2.24, 2.45) is 0 Å². The summed E-state index contributed by atoms with van der Waals surface area (Å²) in [7, 11) is 0. The first-order chi connectivity index (χ1) is 17.4. The lowest BCUT2D eigenvalue weighted by Gasteiger charge is -2.27. The van der Waals surface area contributed by atoms with Crippen LogP contribution in [0.1, 0.15) is 75.6 Å². The molecule has 1 amide bonds. The molecule has 0 bridgehead atoms. The predicted octanol–water partition coefficient (Wildman–Crippen LogP) is 6.62. The second kappa shape index (κ2) is 13.6. The summed E-state index contributed by atoms with van der Waals surface area (Å²) < 4.78 is 0. The third-order valence-corrected chi connectivity index (χ3v) is 7.14. The first kappa shape index (κ1) is 27.9. The average molecular weight is 511 g/mol. The van der Waals surface area contributed by atoms with E-state index in [1.54, 1.807) is 29.2 Å². The van der Waals surface area contributed by atoms with E-state index in [9.17, 15) is 14.7 Å². The van der Waals surface area contributed by atoms with Crippen LogP contribution in [0.2, 0.25) is 5.02 Å². The number of aliphatic hydroxyl groups excluding tert-OH is 1. The zero-order valence-electron chi connectivity index (χ0n) is 21.8. The first-order valence-electron chi connectivity index (χ1n) is 13.3. The summed E-state index contributed by atoms with van der Waals surface area (Å²) in [6, 6.07) is 14.0. The fourth-order valence-electron chi connectivity index (χ4n) is 4.72. The Hall–Kier alpha value is -2.63. The van der Waals surface area contributed by atoms with Gasteiger partial charge in [0.15, 0.2) is 0 Å². The molecule has 0 unspecified atom stereocenters. The number of carbonyl (C=O) groups excluding carboxylic acids is 2. The van der Waals surface area contributed by atoms with Crippen LogP contribution >= 0.6 is 11.6 Å². The summed E-state index contributed by atoms with van der Waals surface area (Å²) in [5.41, 5.74) is 2.62. The molecule has 2 aromatic rings. The number of likely N-dealkylation sites (tertiary alicyclic amines) is 1. The molecule has 1 heterocycles. The van der Waals surface area contributed by atoms with E-state index < -0.39 is 17.7 Å². The summed E-state index contributed by atoms with van der Waals surface area (Å²) in [6.45, 7) is 9.91. The zero-order valence-corrected chi connectivity index (χ0v) is 22.6. The number of unbranched alkanes of at least 4 members (excludes halogenated alkanes) is 2. The Balaban J connectivity index is 1.91. The van der Waals surface area contributed by atoms with Crippen molar-refractivity contribution in [1.29, 1.82) is 0 Å². The van der Waals surface area contributed by atoms with Gasteiger partial charge in [0.05, 0.1) is 11.6 Å². The first-order valence-corrected chi connectivity index (χ1v) is 13.6. The third kappa shape index (κ3) is 6.77. The molecule has 0 saturated carbocycles. The highest BCUT2D eigenvalue weighted by atomic mass is 35.5. The average Bonchev–Trinajstić information content (AvgIpc) is 3.15. The third-order valence-electron chi connectivity index (χ3n) is 6.89. The van der Waals surface area contributed by atoms with Crippen molar-refractivity contribution in [2.75, 3.05) is 26.2 Å². The highest BCUT2D eigenvalue weighted by molar-refractivity contribution is 6.46. The van der Waals surface area contributed by atoms with Gasteiger partial charge in [-0.1, -0.05) is 69.5 Å². The van der Waals surface area contributed by atoms with Crippen LogP contribution in [0, 0.1) is 0 Å². The van der Waals surface area contributed by atoms with Crippen LogP contribution in [0.4, 0.5) is 0 Å². The molecule has 0 aromatic heterocycles. The highest BCUT2D eigenvalue weighted by Crippen LogP contribution is 2.39. The maximum Gasteiger partial charge on any atom is 0.295 e. The van der Waals surface area contributed by atoms with Gasteiger partial charge in [0.25, 0.3) is 11.7 Å². The number of amides is 1. The van der Waals surface area contributed by atoms with Crippen molar-refractivity contribution >= 4 is 29.1 Å². The molecule has 0 spiro atoms. The molecular weight excluding hydrogens is 472 g/mol. The maximum absolute atomic E-state index is 13.2. The van der Waals surface area contributed by atoms with Gasteiger partial charge in [-0.2, -0.15) is 0 Å². The molecule has 5 nitrogen and oxygen atoms in total. The quantitative estimate of drug-likeness (QED) is 0.187. The molecule has 0 aliphatic carbocycles. The van der Waals surface area contributed by atoms with E-state index in [1.165, 1.54) is 5.56 Å². The largest absolute Gasteiger partial charge is 0.507 e. The molecule has 1 aliphatic rings. The van der Waals surface area contributed by atoms with Crippen molar-refractivity contribution < 1.29 is 14.7 Å². The molecular formula is C30H39ClN2O3. The Morgan fingerprint density at radius 2 is 1.47 bits per heavy atom. The van der Waals surface area contributed by atoms with Crippen molar-refractivity contribution in [3.8, 4) is 0 Å². The van der Waals surface area contributed by atoms with Gasteiger partial charge < -0.3 is 14.9 Å². The van der Waals surface area contributed by atoms with E-state index in [4.69, 9.17) is 11.6 Å². The molecule has 1 atom stereocenters. The molecule has 2 aromatic carbocycles. The monoisotopic (exact) mass is 510 g/mol. The van der Waals surface area contributed by atoms with E-state index >= 15 is 0 Å². The standard InChI is InChI=1S/C30H39ClN2O3/c1-4-7-18-32(19-8-5-2)20-9-21-33-27(23-12-10-22(6-3)11-13-23)26(29(35)30(33)36)28(34)24-14-16-25(31)17-15-24/h10-17,27,34H,4-9,18-21H2,1-3H3/t27-/m1/s1. The molecule has 3 rings (SSSR count). The second-order valence-electron chi connectivity index (χ2n) is 9.50. The number of ketones is 1. The summed E-state index contributed by atoms with van der Waals surface area (Å²) in [5, 5.41) is 11.7. The lowest BCUT2D eigenvalue weighted by Crippen LogP contribution is -2.34. The molecule has 6 heteroatoms. The van der Waals surface area contributed by atoms with Crippen LogP contribution in [-0.4, -0.2) is 52.8 Å². The number of benzene rings is 2. The molecule has 0 radical (unpaired) electrons. The molecule has 36 heavy (non-hydrogen) atoms. The number of nitrogens with zero attached hydrogens (tertiary/aromatic N) is 2. The number of rotatable bonds is 13. The Labute approximate surface area is 220 Å². The van der Waals surface area contributed by atoms with E-state index in [1.807, 2.05) is 24.3 Å². The number of hydrogen-bond donors (Lipinski definition) is 1. The summed E-state index contributed by atoms with van der Waals surface area (Å²) in [5.74, 6) is -1.35. The molecule has 194 valence electrons. The molecule has 1 N–H and O–H groups in total. The van der Waals surface area contributed by atoms with Crippen molar-refractivity contribution in [3.05, 3.63) is 75.8 Å². The summed E-state index contributed by atoms with van der Waals surface area (Å²) >= 11 is 6.02. The Kier molecular flexibility index (Phi) is 10.6.